The van der Waals surface area contributed by atoms with E-state index in [1.807, 2.05) is 24.3 Å². The number of ether oxygens (including phenoxy) is 4. The molecule has 1 aliphatic rings. The van der Waals surface area contributed by atoms with E-state index in [1.165, 1.54) is 0 Å². The summed E-state index contributed by atoms with van der Waals surface area (Å²) in [5.41, 5.74) is 1.06. The molecule has 5 nitrogen and oxygen atoms in total. The number of methoxy groups -OCH3 is 1. The fourth-order valence-corrected chi connectivity index (χ4v) is 2.16. The van der Waals surface area contributed by atoms with E-state index in [0.29, 0.717) is 30.1 Å². The first kappa shape index (κ1) is 14.3. The molecule has 0 aliphatic carbocycles. The van der Waals surface area contributed by atoms with Crippen LogP contribution in [0.2, 0.25) is 0 Å². The quantitative estimate of drug-likeness (QED) is 0.627. The lowest BCUT2D eigenvalue weighted by atomic mass is 10.1. The van der Waals surface area contributed by atoms with Gasteiger partial charge in [-0.05, 0) is 36.2 Å². The minimum absolute atomic E-state index is 0.199. The second-order valence-electron chi connectivity index (χ2n) is 4.84. The molecule has 0 spiro atoms. The molecule has 2 aromatic rings. The van der Waals surface area contributed by atoms with Crippen LogP contribution < -0.4 is 18.9 Å². The predicted molar refractivity (Wildman–Crippen MR) is 79.5 cm³/mol. The highest BCUT2D eigenvalue weighted by molar-refractivity contribution is 5.73. The normalized spacial score (nSPS) is 12.0. The van der Waals surface area contributed by atoms with Gasteiger partial charge in [-0.25, -0.2) is 0 Å². The van der Waals surface area contributed by atoms with Crippen LogP contribution in [0.5, 0.6) is 23.0 Å². The molecule has 0 N–H and O–H groups in total. The number of carbonyl (C=O) groups excluding carboxylic acids is 1. The fourth-order valence-electron chi connectivity index (χ4n) is 2.16. The molecule has 0 fully saturated rings. The van der Waals surface area contributed by atoms with Crippen molar-refractivity contribution in [3.05, 3.63) is 48.0 Å². The summed E-state index contributed by atoms with van der Waals surface area (Å²) in [6.07, 6.45) is 0.925. The van der Waals surface area contributed by atoms with Gasteiger partial charge in [-0.15, -0.1) is 0 Å². The summed E-state index contributed by atoms with van der Waals surface area (Å²) in [4.78, 5) is 11.9. The maximum absolute atomic E-state index is 11.9. The van der Waals surface area contributed by atoms with Gasteiger partial charge in [-0.2, -0.15) is 0 Å². The van der Waals surface area contributed by atoms with Crippen molar-refractivity contribution < 1.29 is 23.7 Å². The highest BCUT2D eigenvalue weighted by Gasteiger charge is 2.15. The number of rotatable bonds is 5. The molecule has 0 bridgehead atoms. The Morgan fingerprint density at radius 1 is 1.05 bits per heavy atom. The van der Waals surface area contributed by atoms with E-state index in [0.717, 1.165) is 11.3 Å². The number of hydrogen-bond donors (Lipinski definition) is 0. The van der Waals surface area contributed by atoms with Gasteiger partial charge in [0.2, 0.25) is 6.79 Å². The number of carbonyl (C=O) groups is 1. The van der Waals surface area contributed by atoms with Gasteiger partial charge in [-0.3, -0.25) is 4.79 Å². The number of esters is 1. The lowest BCUT2D eigenvalue weighted by molar-refractivity contribution is -0.134. The Bertz CT molecular complexity index is 663. The zero-order valence-corrected chi connectivity index (χ0v) is 12.2. The zero-order chi connectivity index (χ0) is 15.4. The molecule has 3 rings (SSSR count). The van der Waals surface area contributed by atoms with E-state index in [4.69, 9.17) is 18.9 Å². The molecule has 0 atom stereocenters. The Morgan fingerprint density at radius 2 is 1.77 bits per heavy atom. The highest BCUT2D eigenvalue weighted by Crippen LogP contribution is 2.35. The lowest BCUT2D eigenvalue weighted by Crippen LogP contribution is -2.09. The zero-order valence-electron chi connectivity index (χ0n) is 12.2. The molecular formula is C17H16O5. The van der Waals surface area contributed by atoms with Crippen molar-refractivity contribution in [2.75, 3.05) is 13.9 Å². The minimum Gasteiger partial charge on any atom is -0.497 e. The molecule has 0 radical (unpaired) electrons. The average molecular weight is 300 g/mol. The second-order valence-corrected chi connectivity index (χ2v) is 4.84. The van der Waals surface area contributed by atoms with Gasteiger partial charge in [0.25, 0.3) is 0 Å². The number of hydrogen-bond acceptors (Lipinski definition) is 5. The van der Waals surface area contributed by atoms with Crippen LogP contribution in [-0.4, -0.2) is 19.9 Å². The van der Waals surface area contributed by atoms with Crippen LogP contribution in [0.15, 0.2) is 42.5 Å². The number of aryl methyl sites for hydroxylation is 1. The van der Waals surface area contributed by atoms with E-state index in [1.54, 1.807) is 25.3 Å². The molecular weight excluding hydrogens is 284 g/mol. The summed E-state index contributed by atoms with van der Waals surface area (Å²) >= 11 is 0. The van der Waals surface area contributed by atoms with Gasteiger partial charge in [-0.1, -0.05) is 12.1 Å². The Morgan fingerprint density at radius 3 is 2.55 bits per heavy atom. The van der Waals surface area contributed by atoms with Gasteiger partial charge in [0, 0.05) is 12.5 Å². The maximum atomic E-state index is 11.9. The van der Waals surface area contributed by atoms with Crippen molar-refractivity contribution in [1.29, 1.82) is 0 Å². The molecule has 1 heterocycles. The SMILES string of the molecule is COc1ccc(CCC(=O)Oc2ccc3c(c2)OCO3)cc1. The van der Waals surface area contributed by atoms with Crippen LogP contribution >= 0.6 is 0 Å². The third-order valence-corrected chi connectivity index (χ3v) is 3.35. The van der Waals surface area contributed by atoms with Gasteiger partial charge in [0.15, 0.2) is 11.5 Å². The Labute approximate surface area is 128 Å². The Hall–Kier alpha value is -2.69. The monoisotopic (exact) mass is 300 g/mol. The predicted octanol–water partition coefficient (Wildman–Crippen LogP) is 2.96. The average Bonchev–Trinajstić information content (AvgIpc) is 3.01. The van der Waals surface area contributed by atoms with Crippen LogP contribution in [0.1, 0.15) is 12.0 Å². The summed E-state index contributed by atoms with van der Waals surface area (Å²) in [6.45, 7) is 0.199. The first-order valence-electron chi connectivity index (χ1n) is 6.98. The van der Waals surface area contributed by atoms with Crippen LogP contribution in [-0.2, 0) is 11.2 Å². The van der Waals surface area contributed by atoms with Crippen LogP contribution in [0.25, 0.3) is 0 Å². The molecule has 0 saturated heterocycles. The van der Waals surface area contributed by atoms with Gasteiger partial charge < -0.3 is 18.9 Å². The Kier molecular flexibility index (Phi) is 4.14. The fraction of sp³-hybridized carbons (Fsp3) is 0.235. The molecule has 0 unspecified atom stereocenters. The third-order valence-electron chi connectivity index (χ3n) is 3.35. The first-order chi connectivity index (χ1) is 10.7. The van der Waals surface area contributed by atoms with Crippen molar-refractivity contribution in [3.8, 4) is 23.0 Å². The van der Waals surface area contributed by atoms with Crippen molar-refractivity contribution in [1.82, 2.24) is 0 Å². The van der Waals surface area contributed by atoms with E-state index in [9.17, 15) is 4.79 Å². The molecule has 22 heavy (non-hydrogen) atoms. The topological polar surface area (TPSA) is 54.0 Å². The third kappa shape index (κ3) is 3.31. The van der Waals surface area contributed by atoms with Gasteiger partial charge >= 0.3 is 5.97 Å². The smallest absolute Gasteiger partial charge is 0.311 e. The lowest BCUT2D eigenvalue weighted by Gasteiger charge is -2.06. The molecule has 1 aliphatic heterocycles. The molecule has 0 amide bonds. The number of fused-ring (bicyclic) bond motifs is 1. The molecule has 0 aromatic heterocycles. The largest absolute Gasteiger partial charge is 0.497 e. The van der Waals surface area contributed by atoms with Crippen LogP contribution in [0.4, 0.5) is 0 Å². The van der Waals surface area contributed by atoms with E-state index in [2.05, 4.69) is 0 Å². The van der Waals surface area contributed by atoms with E-state index < -0.39 is 0 Å². The van der Waals surface area contributed by atoms with Gasteiger partial charge in [0.1, 0.15) is 11.5 Å². The second kappa shape index (κ2) is 6.39. The summed E-state index contributed by atoms with van der Waals surface area (Å²) in [7, 11) is 1.62. The minimum atomic E-state index is -0.283. The Balaban J connectivity index is 1.53. The van der Waals surface area contributed by atoms with Gasteiger partial charge in [0.05, 0.1) is 7.11 Å². The number of benzene rings is 2. The summed E-state index contributed by atoms with van der Waals surface area (Å²) in [5, 5.41) is 0. The molecule has 5 heteroatoms. The molecule has 0 saturated carbocycles. The maximum Gasteiger partial charge on any atom is 0.311 e. The van der Waals surface area contributed by atoms with Crippen molar-refractivity contribution in [3.63, 3.8) is 0 Å². The van der Waals surface area contributed by atoms with Crippen molar-refractivity contribution >= 4 is 5.97 Å². The summed E-state index contributed by atoms with van der Waals surface area (Å²) in [6, 6.07) is 12.7. The van der Waals surface area contributed by atoms with Crippen molar-refractivity contribution in [2.24, 2.45) is 0 Å². The summed E-state index contributed by atoms with van der Waals surface area (Å²) in [5.74, 6) is 2.24. The first-order valence-corrected chi connectivity index (χ1v) is 6.98. The van der Waals surface area contributed by atoms with Crippen LogP contribution in [0.3, 0.4) is 0 Å². The van der Waals surface area contributed by atoms with Crippen LogP contribution in [0, 0.1) is 0 Å². The molecule has 2 aromatic carbocycles. The van der Waals surface area contributed by atoms with E-state index >= 15 is 0 Å². The molecule has 114 valence electrons. The summed E-state index contributed by atoms with van der Waals surface area (Å²) < 4.78 is 20.9. The highest BCUT2D eigenvalue weighted by atomic mass is 16.7. The van der Waals surface area contributed by atoms with E-state index in [-0.39, 0.29) is 12.8 Å². The standard InChI is InChI=1S/C17H16O5/c1-19-13-5-2-12(3-6-13)4-9-17(18)22-14-7-8-15-16(10-14)21-11-20-15/h2-3,5-8,10H,4,9,11H2,1H3. The van der Waals surface area contributed by atoms with Crippen molar-refractivity contribution in [2.45, 2.75) is 12.8 Å².